The molecule has 0 aliphatic carbocycles. The van der Waals surface area contributed by atoms with Crippen LogP contribution in [0.2, 0.25) is 0 Å². The molecule has 0 N–H and O–H groups in total. The Balaban J connectivity index is 1.94. The third kappa shape index (κ3) is 2.06. The van der Waals surface area contributed by atoms with Gasteiger partial charge in [0, 0.05) is 0 Å². The highest BCUT2D eigenvalue weighted by molar-refractivity contribution is 6.35. The van der Waals surface area contributed by atoms with Crippen LogP contribution in [-0.4, -0.2) is 0 Å². The molecule has 28 heavy (non-hydrogen) atoms. The van der Waals surface area contributed by atoms with Gasteiger partial charge in [0.1, 0.15) is 0 Å². The van der Waals surface area contributed by atoms with E-state index in [1.165, 1.54) is 65.3 Å². The summed E-state index contributed by atoms with van der Waals surface area (Å²) >= 11 is 0. The van der Waals surface area contributed by atoms with Crippen molar-refractivity contribution in [1.29, 1.82) is 0 Å². The van der Waals surface area contributed by atoms with Crippen molar-refractivity contribution in [1.82, 2.24) is 0 Å². The normalized spacial score (nSPS) is 11.9. The minimum atomic E-state index is 1.31. The summed E-state index contributed by atoms with van der Waals surface area (Å²) in [5, 5.41) is 10.8. The van der Waals surface area contributed by atoms with Crippen LogP contribution >= 0.6 is 0 Å². The van der Waals surface area contributed by atoms with Crippen molar-refractivity contribution in [3.8, 4) is 11.1 Å². The molecule has 0 aromatic heterocycles. The van der Waals surface area contributed by atoms with Gasteiger partial charge in [0.05, 0.1) is 0 Å². The molecular weight excluding hydrogens is 336 g/mol. The van der Waals surface area contributed by atoms with Crippen molar-refractivity contribution >= 4 is 43.1 Å². The molecule has 0 unspecified atom stereocenters. The van der Waals surface area contributed by atoms with Gasteiger partial charge in [-0.1, -0.05) is 96.1 Å². The van der Waals surface area contributed by atoms with Crippen LogP contribution in [0.25, 0.3) is 54.2 Å². The molecule has 0 saturated heterocycles. The fourth-order valence-electron chi connectivity index (χ4n) is 5.03. The molecule has 6 rings (SSSR count). The molecule has 6 aromatic rings. The molecular formula is C28H20. The standard InChI is InChI=1S/C28H20/c1-17-14-18(2)16-21(15-17)22-13-12-20-8-4-10-24-23-9-3-6-19-7-5-11-25(26(19)23)28(22)27(20)24/h3-16H,1-2H3. The van der Waals surface area contributed by atoms with Crippen LogP contribution in [-0.2, 0) is 0 Å². The Hall–Kier alpha value is -3.38. The quantitative estimate of drug-likeness (QED) is 0.207. The average Bonchev–Trinajstić information content (AvgIpc) is 2.70. The average molecular weight is 356 g/mol. The second-order valence-electron chi connectivity index (χ2n) is 7.98. The van der Waals surface area contributed by atoms with Crippen LogP contribution in [0, 0.1) is 13.8 Å². The van der Waals surface area contributed by atoms with E-state index in [1.807, 2.05) is 0 Å². The Morgan fingerprint density at radius 2 is 1.04 bits per heavy atom. The van der Waals surface area contributed by atoms with E-state index in [1.54, 1.807) is 0 Å². The summed E-state index contributed by atoms with van der Waals surface area (Å²) in [5.41, 5.74) is 5.25. The van der Waals surface area contributed by atoms with Crippen LogP contribution < -0.4 is 0 Å². The molecule has 0 fully saturated rings. The number of hydrogen-bond acceptors (Lipinski definition) is 0. The van der Waals surface area contributed by atoms with Crippen molar-refractivity contribution in [3.05, 3.63) is 96.1 Å². The summed E-state index contributed by atoms with van der Waals surface area (Å²) in [6.45, 7) is 4.37. The Morgan fingerprint density at radius 1 is 0.464 bits per heavy atom. The fourth-order valence-corrected chi connectivity index (χ4v) is 5.03. The van der Waals surface area contributed by atoms with E-state index in [-0.39, 0.29) is 0 Å². The molecule has 0 spiro atoms. The lowest BCUT2D eigenvalue weighted by Gasteiger charge is -2.18. The predicted molar refractivity (Wildman–Crippen MR) is 123 cm³/mol. The van der Waals surface area contributed by atoms with Crippen LogP contribution in [0.1, 0.15) is 11.1 Å². The number of hydrogen-bond donors (Lipinski definition) is 0. The Kier molecular flexibility index (Phi) is 3.11. The Labute approximate surface area is 164 Å². The van der Waals surface area contributed by atoms with Gasteiger partial charge in [-0.15, -0.1) is 0 Å². The highest BCUT2D eigenvalue weighted by atomic mass is 14.2. The molecule has 0 bridgehead atoms. The van der Waals surface area contributed by atoms with Crippen molar-refractivity contribution in [2.24, 2.45) is 0 Å². The first-order chi connectivity index (χ1) is 13.7. The summed E-state index contributed by atoms with van der Waals surface area (Å²) in [7, 11) is 0. The number of fused-ring (bicyclic) bond motifs is 2. The van der Waals surface area contributed by atoms with Crippen LogP contribution in [0.5, 0.6) is 0 Å². The maximum atomic E-state index is 2.31. The lowest BCUT2D eigenvalue weighted by atomic mass is 9.86. The second-order valence-corrected chi connectivity index (χ2v) is 7.98. The van der Waals surface area contributed by atoms with Gasteiger partial charge in [-0.25, -0.2) is 0 Å². The van der Waals surface area contributed by atoms with Crippen molar-refractivity contribution in [3.63, 3.8) is 0 Å². The van der Waals surface area contributed by atoms with E-state index in [0.717, 1.165) is 0 Å². The van der Waals surface area contributed by atoms with Gasteiger partial charge in [-0.2, -0.15) is 0 Å². The number of aryl methyl sites for hydroxylation is 2. The van der Waals surface area contributed by atoms with Crippen LogP contribution in [0.15, 0.2) is 84.9 Å². The summed E-state index contributed by atoms with van der Waals surface area (Å²) < 4.78 is 0. The van der Waals surface area contributed by atoms with E-state index >= 15 is 0 Å². The molecule has 0 aliphatic rings. The molecule has 0 heterocycles. The van der Waals surface area contributed by atoms with E-state index in [4.69, 9.17) is 0 Å². The maximum Gasteiger partial charge on any atom is -0.00141 e. The first kappa shape index (κ1) is 15.7. The van der Waals surface area contributed by atoms with Crippen LogP contribution in [0.4, 0.5) is 0 Å². The van der Waals surface area contributed by atoms with Crippen LogP contribution in [0.3, 0.4) is 0 Å². The lowest BCUT2D eigenvalue weighted by Crippen LogP contribution is -1.90. The van der Waals surface area contributed by atoms with Gasteiger partial charge in [0.25, 0.3) is 0 Å². The van der Waals surface area contributed by atoms with E-state index in [0.29, 0.717) is 0 Å². The molecule has 0 saturated carbocycles. The Bertz CT molecular complexity index is 1490. The topological polar surface area (TPSA) is 0 Å². The summed E-state index contributed by atoms with van der Waals surface area (Å²) in [6.07, 6.45) is 0. The van der Waals surface area contributed by atoms with E-state index in [9.17, 15) is 0 Å². The monoisotopic (exact) mass is 356 g/mol. The molecule has 0 aliphatic heterocycles. The number of rotatable bonds is 1. The molecule has 0 radical (unpaired) electrons. The van der Waals surface area contributed by atoms with Gasteiger partial charge < -0.3 is 0 Å². The lowest BCUT2D eigenvalue weighted by molar-refractivity contribution is 1.39. The maximum absolute atomic E-state index is 2.31. The molecule has 0 amide bonds. The predicted octanol–water partition coefficient (Wildman–Crippen LogP) is 8.02. The third-order valence-corrected chi connectivity index (χ3v) is 6.04. The molecule has 0 atom stereocenters. The van der Waals surface area contributed by atoms with Gasteiger partial charge in [0.2, 0.25) is 0 Å². The van der Waals surface area contributed by atoms with Crippen molar-refractivity contribution in [2.45, 2.75) is 13.8 Å². The minimum Gasteiger partial charge on any atom is -0.0610 e. The zero-order valence-corrected chi connectivity index (χ0v) is 16.1. The van der Waals surface area contributed by atoms with E-state index < -0.39 is 0 Å². The smallest absolute Gasteiger partial charge is 0.00141 e. The fraction of sp³-hybridized carbons (Fsp3) is 0.0714. The Morgan fingerprint density at radius 3 is 1.71 bits per heavy atom. The second kappa shape index (κ2) is 5.56. The van der Waals surface area contributed by atoms with Crippen molar-refractivity contribution < 1.29 is 0 Å². The molecule has 0 nitrogen and oxygen atoms in total. The molecule has 6 aromatic carbocycles. The first-order valence-corrected chi connectivity index (χ1v) is 9.87. The number of benzene rings is 6. The first-order valence-electron chi connectivity index (χ1n) is 9.87. The van der Waals surface area contributed by atoms with Gasteiger partial charge in [-0.3, -0.25) is 0 Å². The third-order valence-electron chi connectivity index (χ3n) is 6.04. The SMILES string of the molecule is Cc1cc(C)cc(-c2ccc3cccc4c5cccc6cccc(c2c34)c65)c1. The summed E-state index contributed by atoms with van der Waals surface area (Å²) in [4.78, 5) is 0. The summed E-state index contributed by atoms with van der Waals surface area (Å²) in [6, 6.07) is 31.6. The molecule has 132 valence electrons. The highest BCUT2D eigenvalue weighted by Gasteiger charge is 2.16. The van der Waals surface area contributed by atoms with E-state index in [2.05, 4.69) is 98.8 Å². The van der Waals surface area contributed by atoms with Gasteiger partial charge in [0.15, 0.2) is 0 Å². The zero-order chi connectivity index (χ0) is 18.8. The van der Waals surface area contributed by atoms with Gasteiger partial charge in [-0.05, 0) is 68.1 Å². The molecule has 0 heteroatoms. The van der Waals surface area contributed by atoms with Crippen molar-refractivity contribution in [2.75, 3.05) is 0 Å². The zero-order valence-electron chi connectivity index (χ0n) is 16.1. The minimum absolute atomic E-state index is 1.31. The summed E-state index contributed by atoms with van der Waals surface area (Å²) in [5.74, 6) is 0. The largest absolute Gasteiger partial charge is 0.0610 e. The highest BCUT2D eigenvalue weighted by Crippen LogP contribution is 2.44. The van der Waals surface area contributed by atoms with Gasteiger partial charge >= 0.3 is 0 Å².